The van der Waals surface area contributed by atoms with Gasteiger partial charge in [0, 0.05) is 4.88 Å². The molecule has 1 aliphatic carbocycles. The molecule has 2 rings (SSSR count). The summed E-state index contributed by atoms with van der Waals surface area (Å²) in [4.78, 5) is 1.51. The first-order valence-electron chi connectivity index (χ1n) is 5.07. The van der Waals surface area contributed by atoms with Crippen LogP contribution < -0.4 is 5.73 Å². The van der Waals surface area contributed by atoms with Crippen molar-refractivity contribution in [3.63, 3.8) is 0 Å². The fourth-order valence-corrected chi connectivity index (χ4v) is 2.79. The van der Waals surface area contributed by atoms with E-state index >= 15 is 0 Å². The first kappa shape index (κ1) is 9.22. The Bertz CT molecular complexity index is 244. The van der Waals surface area contributed by atoms with Crippen molar-refractivity contribution in [3.8, 4) is 0 Å². The minimum atomic E-state index is 0.518. The molecule has 1 heterocycles. The molecule has 2 heteroatoms. The molecule has 2 N–H and O–H groups in total. The molecule has 0 unspecified atom stereocenters. The Balaban J connectivity index is 1.84. The summed E-state index contributed by atoms with van der Waals surface area (Å²) in [5, 5.41) is 2.16. The summed E-state index contributed by atoms with van der Waals surface area (Å²) in [6, 6.07) is 4.36. The van der Waals surface area contributed by atoms with Crippen LogP contribution in [0.2, 0.25) is 0 Å². The van der Waals surface area contributed by atoms with E-state index in [4.69, 9.17) is 5.73 Å². The van der Waals surface area contributed by atoms with Crippen molar-refractivity contribution in [1.29, 1.82) is 0 Å². The second-order valence-electron chi connectivity index (χ2n) is 4.14. The molecular formula is C11H17NS. The molecule has 1 saturated carbocycles. The molecule has 0 radical (unpaired) electrons. The van der Waals surface area contributed by atoms with Crippen LogP contribution >= 0.6 is 11.3 Å². The highest BCUT2D eigenvalue weighted by molar-refractivity contribution is 7.09. The summed E-state index contributed by atoms with van der Waals surface area (Å²) < 4.78 is 0. The van der Waals surface area contributed by atoms with Gasteiger partial charge in [0.1, 0.15) is 0 Å². The third-order valence-corrected chi connectivity index (χ3v) is 4.27. The number of aryl methyl sites for hydroxylation is 1. The standard InChI is InChI=1S/C11H17NS/c12-9-11(5-2-6-11)7-4-10-3-1-8-13-10/h1,3,8H,2,4-7,9,12H2. The molecule has 0 atom stereocenters. The van der Waals surface area contributed by atoms with Crippen LogP contribution in [0.5, 0.6) is 0 Å². The van der Waals surface area contributed by atoms with Crippen LogP contribution in [0, 0.1) is 5.41 Å². The average Bonchev–Trinajstić information content (AvgIpc) is 2.56. The van der Waals surface area contributed by atoms with E-state index in [0.717, 1.165) is 6.54 Å². The predicted molar refractivity (Wildman–Crippen MR) is 58.0 cm³/mol. The Labute approximate surface area is 84.0 Å². The van der Waals surface area contributed by atoms with Crippen molar-refractivity contribution in [2.45, 2.75) is 32.1 Å². The zero-order valence-corrected chi connectivity index (χ0v) is 8.78. The molecule has 1 aliphatic rings. The summed E-state index contributed by atoms with van der Waals surface area (Å²) >= 11 is 1.87. The molecule has 1 aromatic rings. The zero-order valence-electron chi connectivity index (χ0n) is 7.96. The number of nitrogens with two attached hydrogens (primary N) is 1. The monoisotopic (exact) mass is 195 g/mol. The molecule has 13 heavy (non-hydrogen) atoms. The lowest BCUT2D eigenvalue weighted by Crippen LogP contribution is -2.37. The number of hydrogen-bond acceptors (Lipinski definition) is 2. The van der Waals surface area contributed by atoms with Crippen molar-refractivity contribution in [3.05, 3.63) is 22.4 Å². The molecule has 1 aromatic heterocycles. The minimum absolute atomic E-state index is 0.518. The third-order valence-electron chi connectivity index (χ3n) is 3.33. The van der Waals surface area contributed by atoms with E-state index in [1.54, 1.807) is 0 Å². The van der Waals surface area contributed by atoms with Gasteiger partial charge in [-0.05, 0) is 49.1 Å². The van der Waals surface area contributed by atoms with Crippen LogP contribution in [0.1, 0.15) is 30.6 Å². The Hall–Kier alpha value is -0.340. The molecule has 0 saturated heterocycles. The molecule has 72 valence electrons. The maximum Gasteiger partial charge on any atom is 0.00454 e. The van der Waals surface area contributed by atoms with E-state index in [0.29, 0.717) is 5.41 Å². The van der Waals surface area contributed by atoms with Gasteiger partial charge in [-0.1, -0.05) is 12.5 Å². The van der Waals surface area contributed by atoms with Crippen LogP contribution in [0.3, 0.4) is 0 Å². The van der Waals surface area contributed by atoms with Gasteiger partial charge in [0.25, 0.3) is 0 Å². The van der Waals surface area contributed by atoms with Crippen molar-refractivity contribution < 1.29 is 0 Å². The normalized spacial score (nSPS) is 19.8. The fourth-order valence-electron chi connectivity index (χ4n) is 2.08. The van der Waals surface area contributed by atoms with Crippen LogP contribution in [0.4, 0.5) is 0 Å². The van der Waals surface area contributed by atoms with E-state index < -0.39 is 0 Å². The van der Waals surface area contributed by atoms with Gasteiger partial charge in [0.05, 0.1) is 0 Å². The SMILES string of the molecule is NCC1(CCc2cccs2)CCC1. The second kappa shape index (κ2) is 3.81. The lowest BCUT2D eigenvalue weighted by atomic mass is 9.66. The largest absolute Gasteiger partial charge is 0.330 e. The number of hydrogen-bond donors (Lipinski definition) is 1. The Kier molecular flexibility index (Phi) is 2.70. The van der Waals surface area contributed by atoms with Crippen LogP contribution in [-0.2, 0) is 6.42 Å². The average molecular weight is 195 g/mol. The Morgan fingerprint density at radius 1 is 1.46 bits per heavy atom. The summed E-state index contributed by atoms with van der Waals surface area (Å²) in [6.45, 7) is 0.887. The van der Waals surface area contributed by atoms with Crippen molar-refractivity contribution in [1.82, 2.24) is 0 Å². The highest BCUT2D eigenvalue weighted by atomic mass is 32.1. The third kappa shape index (κ3) is 1.94. The fraction of sp³-hybridized carbons (Fsp3) is 0.636. The van der Waals surface area contributed by atoms with Gasteiger partial charge < -0.3 is 5.73 Å². The lowest BCUT2D eigenvalue weighted by molar-refractivity contribution is 0.131. The molecular weight excluding hydrogens is 178 g/mol. The van der Waals surface area contributed by atoms with Gasteiger partial charge in [-0.2, -0.15) is 0 Å². The molecule has 0 amide bonds. The van der Waals surface area contributed by atoms with E-state index in [2.05, 4.69) is 17.5 Å². The van der Waals surface area contributed by atoms with E-state index in [1.165, 1.54) is 37.0 Å². The second-order valence-corrected chi connectivity index (χ2v) is 5.17. The molecule has 0 aliphatic heterocycles. The van der Waals surface area contributed by atoms with Crippen molar-refractivity contribution in [2.24, 2.45) is 11.1 Å². The zero-order chi connectivity index (χ0) is 9.15. The summed E-state index contributed by atoms with van der Waals surface area (Å²) in [7, 11) is 0. The maximum absolute atomic E-state index is 5.81. The summed E-state index contributed by atoms with van der Waals surface area (Å²) in [5.41, 5.74) is 6.33. The summed E-state index contributed by atoms with van der Waals surface area (Å²) in [5.74, 6) is 0. The lowest BCUT2D eigenvalue weighted by Gasteiger charge is -2.41. The maximum atomic E-state index is 5.81. The van der Waals surface area contributed by atoms with Crippen LogP contribution in [-0.4, -0.2) is 6.54 Å². The van der Waals surface area contributed by atoms with Crippen molar-refractivity contribution >= 4 is 11.3 Å². The van der Waals surface area contributed by atoms with Crippen molar-refractivity contribution in [2.75, 3.05) is 6.54 Å². The highest BCUT2D eigenvalue weighted by Crippen LogP contribution is 2.43. The van der Waals surface area contributed by atoms with Gasteiger partial charge in [0.2, 0.25) is 0 Å². The highest BCUT2D eigenvalue weighted by Gasteiger charge is 2.34. The first-order valence-corrected chi connectivity index (χ1v) is 5.95. The van der Waals surface area contributed by atoms with Crippen LogP contribution in [0.15, 0.2) is 17.5 Å². The molecule has 0 aromatic carbocycles. The van der Waals surface area contributed by atoms with Crippen LogP contribution in [0.25, 0.3) is 0 Å². The first-order chi connectivity index (χ1) is 6.35. The predicted octanol–water partition coefficient (Wildman–Crippen LogP) is 2.81. The topological polar surface area (TPSA) is 26.0 Å². The smallest absolute Gasteiger partial charge is 0.00454 e. The van der Waals surface area contributed by atoms with E-state index in [-0.39, 0.29) is 0 Å². The van der Waals surface area contributed by atoms with Gasteiger partial charge >= 0.3 is 0 Å². The van der Waals surface area contributed by atoms with Gasteiger partial charge in [-0.25, -0.2) is 0 Å². The van der Waals surface area contributed by atoms with E-state index in [1.807, 2.05) is 11.3 Å². The summed E-state index contributed by atoms with van der Waals surface area (Å²) in [6.07, 6.45) is 6.63. The van der Waals surface area contributed by atoms with Gasteiger partial charge in [-0.3, -0.25) is 0 Å². The number of rotatable bonds is 4. The minimum Gasteiger partial charge on any atom is -0.330 e. The van der Waals surface area contributed by atoms with E-state index in [9.17, 15) is 0 Å². The number of thiophene rings is 1. The quantitative estimate of drug-likeness (QED) is 0.785. The molecule has 0 bridgehead atoms. The van der Waals surface area contributed by atoms with Gasteiger partial charge in [0.15, 0.2) is 0 Å². The Morgan fingerprint density at radius 2 is 2.31 bits per heavy atom. The molecule has 1 nitrogen and oxygen atoms in total. The van der Waals surface area contributed by atoms with Gasteiger partial charge in [-0.15, -0.1) is 11.3 Å². The Morgan fingerprint density at radius 3 is 2.77 bits per heavy atom. The molecule has 1 fully saturated rings. The molecule has 0 spiro atoms.